The maximum Gasteiger partial charge on any atom is 0.307 e. The molecule has 0 aromatic rings. The quantitative estimate of drug-likeness (QED) is 0.708. The highest BCUT2D eigenvalue weighted by Gasteiger charge is 2.48. The fraction of sp³-hybridized carbons (Fsp3) is 0.800. The number of amides is 1. The van der Waals surface area contributed by atoms with Crippen LogP contribution in [0.25, 0.3) is 0 Å². The number of hydrogen-bond donors (Lipinski definition) is 2. The summed E-state index contributed by atoms with van der Waals surface area (Å²) >= 11 is 0. The molecule has 0 unspecified atom stereocenters. The van der Waals surface area contributed by atoms with Gasteiger partial charge in [-0.05, 0) is 11.8 Å². The lowest BCUT2D eigenvalue weighted by molar-refractivity contribution is -0.140. The molecule has 0 radical (unpaired) electrons. The van der Waals surface area contributed by atoms with E-state index in [9.17, 15) is 9.59 Å². The Morgan fingerprint density at radius 2 is 1.93 bits per heavy atom. The summed E-state index contributed by atoms with van der Waals surface area (Å²) in [4.78, 5) is 21.9. The highest BCUT2D eigenvalue weighted by molar-refractivity contribution is 5.89. The van der Waals surface area contributed by atoms with E-state index in [4.69, 9.17) is 5.11 Å². The van der Waals surface area contributed by atoms with Crippen LogP contribution in [0.4, 0.5) is 0 Å². The van der Waals surface area contributed by atoms with Gasteiger partial charge in [-0.15, -0.1) is 0 Å². The Bertz CT molecular complexity index is 255. The molecule has 4 heteroatoms. The van der Waals surface area contributed by atoms with Crippen molar-refractivity contribution in [1.29, 1.82) is 0 Å². The van der Waals surface area contributed by atoms with Gasteiger partial charge in [0.2, 0.25) is 5.91 Å². The summed E-state index contributed by atoms with van der Waals surface area (Å²) < 4.78 is 0. The molecule has 1 amide bonds. The Kier molecular flexibility index (Phi) is 2.83. The van der Waals surface area contributed by atoms with Crippen molar-refractivity contribution in [2.24, 2.45) is 17.3 Å². The summed E-state index contributed by atoms with van der Waals surface area (Å²) in [7, 11) is 0. The second kappa shape index (κ2) is 3.59. The second-order valence-corrected chi connectivity index (χ2v) is 5.07. The van der Waals surface area contributed by atoms with Crippen molar-refractivity contribution in [3.05, 3.63) is 0 Å². The SMILES string of the molecule is CC(C)(C)CNC(=O)[C@@H]1C[C@@H]1C(=O)O. The molecule has 4 nitrogen and oxygen atoms in total. The van der Waals surface area contributed by atoms with Crippen LogP contribution in [0.1, 0.15) is 27.2 Å². The van der Waals surface area contributed by atoms with E-state index < -0.39 is 11.9 Å². The first-order valence-electron chi connectivity index (χ1n) is 4.82. The van der Waals surface area contributed by atoms with Gasteiger partial charge in [0, 0.05) is 6.54 Å². The number of carboxylic acid groups (broad SMARTS) is 1. The van der Waals surface area contributed by atoms with Crippen molar-refractivity contribution < 1.29 is 14.7 Å². The lowest BCUT2D eigenvalue weighted by atomic mass is 9.97. The fourth-order valence-corrected chi connectivity index (χ4v) is 1.24. The minimum atomic E-state index is -0.860. The zero-order valence-corrected chi connectivity index (χ0v) is 8.83. The monoisotopic (exact) mass is 199 g/mol. The topological polar surface area (TPSA) is 66.4 Å². The summed E-state index contributed by atoms with van der Waals surface area (Å²) in [5, 5.41) is 11.4. The van der Waals surface area contributed by atoms with Gasteiger partial charge in [-0.1, -0.05) is 20.8 Å². The van der Waals surface area contributed by atoms with E-state index in [-0.39, 0.29) is 17.2 Å². The van der Waals surface area contributed by atoms with Crippen LogP contribution >= 0.6 is 0 Å². The number of aliphatic carboxylic acids is 1. The molecule has 1 fully saturated rings. The smallest absolute Gasteiger partial charge is 0.307 e. The van der Waals surface area contributed by atoms with E-state index >= 15 is 0 Å². The van der Waals surface area contributed by atoms with Gasteiger partial charge in [0.05, 0.1) is 11.8 Å². The van der Waals surface area contributed by atoms with Gasteiger partial charge in [0.25, 0.3) is 0 Å². The standard InChI is InChI=1S/C10H17NO3/c1-10(2,3)5-11-8(12)6-4-7(6)9(13)14/h6-7H,4-5H2,1-3H3,(H,11,12)(H,13,14)/t6-,7+/m1/s1. The normalized spacial score (nSPS) is 25.6. The molecule has 0 aromatic carbocycles. The van der Waals surface area contributed by atoms with Crippen LogP contribution < -0.4 is 5.32 Å². The molecular weight excluding hydrogens is 182 g/mol. The molecule has 0 bridgehead atoms. The van der Waals surface area contributed by atoms with Gasteiger partial charge in [0.15, 0.2) is 0 Å². The minimum absolute atomic E-state index is 0.0449. The molecule has 14 heavy (non-hydrogen) atoms. The molecule has 0 aromatic heterocycles. The minimum Gasteiger partial charge on any atom is -0.481 e. The maximum absolute atomic E-state index is 11.4. The summed E-state index contributed by atoms with van der Waals surface area (Å²) in [6, 6.07) is 0. The zero-order chi connectivity index (χ0) is 10.9. The van der Waals surface area contributed by atoms with Gasteiger partial charge in [-0.2, -0.15) is 0 Å². The highest BCUT2D eigenvalue weighted by atomic mass is 16.4. The molecule has 0 aliphatic heterocycles. The van der Waals surface area contributed by atoms with Crippen LogP contribution in [0.5, 0.6) is 0 Å². The average molecular weight is 199 g/mol. The van der Waals surface area contributed by atoms with Crippen LogP contribution in [0.3, 0.4) is 0 Å². The first-order valence-corrected chi connectivity index (χ1v) is 4.82. The molecule has 1 rings (SSSR count). The van der Waals surface area contributed by atoms with Crippen molar-refractivity contribution >= 4 is 11.9 Å². The Morgan fingerprint density at radius 3 is 2.29 bits per heavy atom. The Balaban J connectivity index is 2.29. The van der Waals surface area contributed by atoms with Crippen molar-refractivity contribution in [2.75, 3.05) is 6.54 Å². The Hall–Kier alpha value is -1.06. The highest BCUT2D eigenvalue weighted by Crippen LogP contribution is 2.38. The average Bonchev–Trinajstić information content (AvgIpc) is 2.77. The van der Waals surface area contributed by atoms with Crippen molar-refractivity contribution in [2.45, 2.75) is 27.2 Å². The second-order valence-electron chi connectivity index (χ2n) is 5.07. The molecule has 0 saturated heterocycles. The van der Waals surface area contributed by atoms with Crippen molar-refractivity contribution in [1.82, 2.24) is 5.32 Å². The predicted molar refractivity (Wildman–Crippen MR) is 51.7 cm³/mol. The van der Waals surface area contributed by atoms with Crippen LogP contribution in [0.2, 0.25) is 0 Å². The fourth-order valence-electron chi connectivity index (χ4n) is 1.24. The van der Waals surface area contributed by atoms with Crippen LogP contribution in [-0.4, -0.2) is 23.5 Å². The third-order valence-electron chi connectivity index (χ3n) is 2.24. The zero-order valence-electron chi connectivity index (χ0n) is 8.83. The van der Waals surface area contributed by atoms with Crippen molar-refractivity contribution in [3.8, 4) is 0 Å². The van der Waals surface area contributed by atoms with E-state index in [2.05, 4.69) is 5.32 Å². The lowest BCUT2D eigenvalue weighted by Gasteiger charge is -2.18. The third-order valence-corrected chi connectivity index (χ3v) is 2.24. The number of nitrogens with one attached hydrogen (secondary N) is 1. The first-order chi connectivity index (χ1) is 6.31. The van der Waals surface area contributed by atoms with Crippen LogP contribution in [-0.2, 0) is 9.59 Å². The number of carboxylic acids is 1. The van der Waals surface area contributed by atoms with Crippen LogP contribution in [0.15, 0.2) is 0 Å². The number of carbonyl (C=O) groups excluding carboxylic acids is 1. The first kappa shape index (κ1) is 11.0. The number of carbonyl (C=O) groups is 2. The number of hydrogen-bond acceptors (Lipinski definition) is 2. The molecule has 0 spiro atoms. The van der Waals surface area contributed by atoms with Gasteiger partial charge < -0.3 is 10.4 Å². The predicted octanol–water partition coefficient (Wildman–Crippen LogP) is 0.869. The molecule has 1 saturated carbocycles. The van der Waals surface area contributed by atoms with Gasteiger partial charge in [-0.3, -0.25) is 9.59 Å². The lowest BCUT2D eigenvalue weighted by Crippen LogP contribution is -2.33. The van der Waals surface area contributed by atoms with E-state index in [1.165, 1.54) is 0 Å². The molecule has 2 N–H and O–H groups in total. The molecule has 1 aliphatic rings. The van der Waals surface area contributed by atoms with E-state index in [0.29, 0.717) is 13.0 Å². The van der Waals surface area contributed by atoms with E-state index in [1.807, 2.05) is 20.8 Å². The molecule has 80 valence electrons. The number of rotatable bonds is 3. The molecule has 2 atom stereocenters. The van der Waals surface area contributed by atoms with Crippen LogP contribution in [0, 0.1) is 17.3 Å². The summed E-state index contributed by atoms with van der Waals surface area (Å²) in [5.41, 5.74) is 0.0449. The summed E-state index contributed by atoms with van der Waals surface area (Å²) in [5.74, 6) is -1.72. The summed E-state index contributed by atoms with van der Waals surface area (Å²) in [6.07, 6.45) is 0.491. The maximum atomic E-state index is 11.4. The Morgan fingerprint density at radius 1 is 1.36 bits per heavy atom. The molecular formula is C10H17NO3. The van der Waals surface area contributed by atoms with Crippen molar-refractivity contribution in [3.63, 3.8) is 0 Å². The molecule has 0 heterocycles. The van der Waals surface area contributed by atoms with Gasteiger partial charge >= 0.3 is 5.97 Å². The van der Waals surface area contributed by atoms with Gasteiger partial charge in [0.1, 0.15) is 0 Å². The summed E-state index contributed by atoms with van der Waals surface area (Å²) in [6.45, 7) is 6.66. The van der Waals surface area contributed by atoms with E-state index in [0.717, 1.165) is 0 Å². The van der Waals surface area contributed by atoms with E-state index in [1.54, 1.807) is 0 Å². The van der Waals surface area contributed by atoms with Gasteiger partial charge in [-0.25, -0.2) is 0 Å². The largest absolute Gasteiger partial charge is 0.481 e. The molecule has 1 aliphatic carbocycles. The third kappa shape index (κ3) is 3.01. The Labute approximate surface area is 83.7 Å².